The van der Waals surface area contributed by atoms with E-state index < -0.39 is 6.04 Å². The van der Waals surface area contributed by atoms with E-state index in [0.717, 1.165) is 29.5 Å². The number of nitrogens with zero attached hydrogens (tertiary/aromatic N) is 4. The van der Waals surface area contributed by atoms with Crippen LogP contribution in [0.3, 0.4) is 0 Å². The zero-order chi connectivity index (χ0) is 16.5. The summed E-state index contributed by atoms with van der Waals surface area (Å²) in [4.78, 5) is 18.1. The lowest BCUT2D eigenvalue weighted by atomic mass is 9.98. The van der Waals surface area contributed by atoms with Gasteiger partial charge < -0.3 is 4.74 Å². The van der Waals surface area contributed by atoms with Gasteiger partial charge in [0.2, 0.25) is 0 Å². The molecule has 0 fully saturated rings. The predicted octanol–water partition coefficient (Wildman–Crippen LogP) is 3.98. The molecule has 0 amide bonds. The number of carbonyl (C=O) groups is 1. The summed E-state index contributed by atoms with van der Waals surface area (Å²) in [6, 6.07) is 11.2. The maximum atomic E-state index is 11.1. The molecule has 0 spiro atoms. The van der Waals surface area contributed by atoms with Crippen LogP contribution in [0.5, 0.6) is 0 Å². The largest absolute Gasteiger partial charge is 0.469 e. The van der Waals surface area contributed by atoms with E-state index in [1.54, 1.807) is 12.4 Å². The van der Waals surface area contributed by atoms with Gasteiger partial charge in [-0.3, -0.25) is 9.78 Å². The maximum Gasteiger partial charge on any atom is 0.305 e. The van der Waals surface area contributed by atoms with Gasteiger partial charge in [0.05, 0.1) is 13.2 Å². The lowest BCUT2D eigenvalue weighted by Gasteiger charge is -2.12. The third-order valence-electron chi connectivity index (χ3n) is 3.54. The fourth-order valence-electron chi connectivity index (χ4n) is 2.32. The second kappa shape index (κ2) is 8.56. The summed E-state index contributed by atoms with van der Waals surface area (Å²) >= 11 is 0. The Balaban J connectivity index is 2.07. The maximum absolute atomic E-state index is 11.1. The first kappa shape index (κ1) is 16.5. The Labute approximate surface area is 134 Å². The Morgan fingerprint density at radius 1 is 1.30 bits per heavy atom. The number of hydrogen-bond acceptors (Lipinski definition) is 4. The molecule has 0 N–H and O–H groups in total. The average molecular weight is 310 g/mol. The third kappa shape index (κ3) is 4.83. The second-order valence-corrected chi connectivity index (χ2v) is 5.07. The molecule has 1 aromatic heterocycles. The van der Waals surface area contributed by atoms with E-state index in [1.807, 2.05) is 36.4 Å². The monoisotopic (exact) mass is 310 g/mol. The van der Waals surface area contributed by atoms with E-state index in [2.05, 4.69) is 19.7 Å². The predicted molar refractivity (Wildman–Crippen MR) is 86.6 cm³/mol. The number of hydrogen-bond donors (Lipinski definition) is 0. The first-order valence-electron chi connectivity index (χ1n) is 7.34. The van der Waals surface area contributed by atoms with Crippen LogP contribution in [0.15, 0.2) is 53.9 Å². The Kier molecular flexibility index (Phi) is 6.15. The van der Waals surface area contributed by atoms with E-state index in [0.29, 0.717) is 6.42 Å². The standard InChI is InChI=1S/C17H18N4O2/c1-23-16(22)6-2-4-13-7-9-14(10-8-13)17(20-21-18)15-5-3-11-19-12-15/h3,5,7-12,17H,2,4,6H2,1H3. The molecule has 6 nitrogen and oxygen atoms in total. The molecule has 0 bridgehead atoms. The third-order valence-corrected chi connectivity index (χ3v) is 3.54. The molecule has 1 unspecified atom stereocenters. The second-order valence-electron chi connectivity index (χ2n) is 5.07. The summed E-state index contributed by atoms with van der Waals surface area (Å²) in [7, 11) is 1.39. The molecule has 1 atom stereocenters. The minimum Gasteiger partial charge on any atom is -0.469 e. The highest BCUT2D eigenvalue weighted by atomic mass is 16.5. The van der Waals surface area contributed by atoms with Gasteiger partial charge in [-0.05, 0) is 41.1 Å². The van der Waals surface area contributed by atoms with E-state index >= 15 is 0 Å². The van der Waals surface area contributed by atoms with Crippen LogP contribution in [0.2, 0.25) is 0 Å². The molecule has 1 heterocycles. The molecule has 6 heteroatoms. The normalized spacial score (nSPS) is 11.3. The van der Waals surface area contributed by atoms with Crippen LogP contribution in [-0.4, -0.2) is 18.1 Å². The summed E-state index contributed by atoms with van der Waals surface area (Å²) in [5.41, 5.74) is 11.7. The van der Waals surface area contributed by atoms with Crippen molar-refractivity contribution in [2.75, 3.05) is 7.11 Å². The molecule has 23 heavy (non-hydrogen) atoms. The quantitative estimate of drug-likeness (QED) is 0.335. The number of rotatable bonds is 7. The zero-order valence-electron chi connectivity index (χ0n) is 12.9. The molecule has 0 aliphatic heterocycles. The van der Waals surface area contributed by atoms with Crippen molar-refractivity contribution < 1.29 is 9.53 Å². The first-order chi connectivity index (χ1) is 11.2. The van der Waals surface area contributed by atoms with Crippen molar-refractivity contribution in [1.29, 1.82) is 0 Å². The van der Waals surface area contributed by atoms with Crippen LogP contribution in [0.4, 0.5) is 0 Å². The summed E-state index contributed by atoms with van der Waals surface area (Å²) in [6.45, 7) is 0. The molecule has 0 aliphatic carbocycles. The van der Waals surface area contributed by atoms with Crippen LogP contribution >= 0.6 is 0 Å². The van der Waals surface area contributed by atoms with E-state index in [-0.39, 0.29) is 5.97 Å². The molecule has 2 rings (SSSR count). The number of pyridine rings is 1. The van der Waals surface area contributed by atoms with Gasteiger partial charge in [-0.2, -0.15) is 0 Å². The number of esters is 1. The fraction of sp³-hybridized carbons (Fsp3) is 0.294. The van der Waals surface area contributed by atoms with E-state index in [9.17, 15) is 4.79 Å². The van der Waals surface area contributed by atoms with Crippen LogP contribution in [0.1, 0.15) is 35.6 Å². The van der Waals surface area contributed by atoms with Crippen molar-refractivity contribution in [3.8, 4) is 0 Å². The van der Waals surface area contributed by atoms with E-state index in [4.69, 9.17) is 5.53 Å². The van der Waals surface area contributed by atoms with Gasteiger partial charge >= 0.3 is 5.97 Å². The van der Waals surface area contributed by atoms with Crippen LogP contribution < -0.4 is 0 Å². The molecule has 2 aromatic rings. The number of carbonyl (C=O) groups excluding carboxylic acids is 1. The highest BCUT2D eigenvalue weighted by Crippen LogP contribution is 2.26. The van der Waals surface area contributed by atoms with Crippen molar-refractivity contribution in [1.82, 2.24) is 4.98 Å². The van der Waals surface area contributed by atoms with Gasteiger partial charge in [-0.25, -0.2) is 0 Å². The molecule has 0 saturated heterocycles. The summed E-state index contributed by atoms with van der Waals surface area (Å²) in [5.74, 6) is -0.193. The fourth-order valence-corrected chi connectivity index (χ4v) is 2.32. The number of methoxy groups -OCH3 is 1. The summed E-state index contributed by atoms with van der Waals surface area (Å²) in [6.07, 6.45) is 5.34. The van der Waals surface area contributed by atoms with Gasteiger partial charge in [0, 0.05) is 23.7 Å². The Bertz CT molecular complexity index is 679. The number of aryl methyl sites for hydroxylation is 1. The molecule has 1 aromatic carbocycles. The van der Waals surface area contributed by atoms with Crippen molar-refractivity contribution in [3.63, 3.8) is 0 Å². The van der Waals surface area contributed by atoms with Crippen LogP contribution in [-0.2, 0) is 16.0 Å². The Morgan fingerprint density at radius 2 is 2.09 bits per heavy atom. The molecular weight excluding hydrogens is 292 g/mol. The van der Waals surface area contributed by atoms with E-state index in [1.165, 1.54) is 7.11 Å². The minimum atomic E-state index is -0.391. The lowest BCUT2D eigenvalue weighted by molar-refractivity contribution is -0.140. The van der Waals surface area contributed by atoms with Crippen molar-refractivity contribution in [2.24, 2.45) is 5.11 Å². The van der Waals surface area contributed by atoms with Crippen molar-refractivity contribution in [3.05, 3.63) is 75.9 Å². The number of ether oxygens (including phenoxy) is 1. The number of aromatic nitrogens is 1. The first-order valence-corrected chi connectivity index (χ1v) is 7.34. The van der Waals surface area contributed by atoms with Gasteiger partial charge in [0.1, 0.15) is 0 Å². The van der Waals surface area contributed by atoms with Gasteiger partial charge in [-0.1, -0.05) is 35.4 Å². The molecule has 0 radical (unpaired) electrons. The van der Waals surface area contributed by atoms with Gasteiger partial charge in [0.15, 0.2) is 0 Å². The van der Waals surface area contributed by atoms with Crippen molar-refractivity contribution >= 4 is 5.97 Å². The Morgan fingerprint density at radius 3 is 2.70 bits per heavy atom. The number of azide groups is 1. The Hall–Kier alpha value is -2.85. The molecule has 118 valence electrons. The zero-order valence-corrected chi connectivity index (χ0v) is 12.9. The average Bonchev–Trinajstić information content (AvgIpc) is 2.61. The lowest BCUT2D eigenvalue weighted by Crippen LogP contribution is -2.01. The molecule has 0 aliphatic rings. The highest BCUT2D eigenvalue weighted by molar-refractivity contribution is 5.69. The van der Waals surface area contributed by atoms with Gasteiger partial charge in [-0.15, -0.1) is 0 Å². The number of benzene rings is 1. The highest BCUT2D eigenvalue weighted by Gasteiger charge is 2.12. The minimum absolute atomic E-state index is 0.193. The van der Waals surface area contributed by atoms with Crippen LogP contribution in [0, 0.1) is 0 Å². The van der Waals surface area contributed by atoms with Gasteiger partial charge in [0.25, 0.3) is 0 Å². The molecular formula is C17H18N4O2. The van der Waals surface area contributed by atoms with Crippen molar-refractivity contribution in [2.45, 2.75) is 25.3 Å². The smallest absolute Gasteiger partial charge is 0.305 e. The molecule has 0 saturated carbocycles. The van der Waals surface area contributed by atoms with Crippen LogP contribution in [0.25, 0.3) is 10.4 Å². The SMILES string of the molecule is COC(=O)CCCc1ccc(C(N=[N+]=[N-])c2cccnc2)cc1. The summed E-state index contributed by atoms with van der Waals surface area (Å²) < 4.78 is 4.62. The topological polar surface area (TPSA) is 88.0 Å². The summed E-state index contributed by atoms with van der Waals surface area (Å²) in [5, 5.41) is 3.87.